The molecule has 1 saturated heterocycles. The first-order chi connectivity index (χ1) is 11.6. The number of nitriles is 1. The molecule has 2 fully saturated rings. The summed E-state index contributed by atoms with van der Waals surface area (Å²) >= 11 is 0. The molecule has 130 valence electrons. The van der Waals surface area contributed by atoms with Gasteiger partial charge < -0.3 is 19.5 Å². The topological polar surface area (TPSA) is 66.9 Å². The Hall–Kier alpha value is -1.77. The predicted molar refractivity (Wildman–Crippen MR) is 90.1 cm³/mol. The number of rotatable bonds is 4. The van der Waals surface area contributed by atoms with Crippen molar-refractivity contribution in [3.63, 3.8) is 0 Å². The van der Waals surface area contributed by atoms with Crippen molar-refractivity contribution in [2.75, 3.05) is 27.3 Å². The number of quaternary nitrogens is 1. The van der Waals surface area contributed by atoms with Crippen LogP contribution in [0.5, 0.6) is 11.5 Å². The van der Waals surface area contributed by atoms with Gasteiger partial charge in [-0.3, -0.25) is 0 Å². The first kappa shape index (κ1) is 17.1. The van der Waals surface area contributed by atoms with E-state index in [-0.39, 0.29) is 12.0 Å². The summed E-state index contributed by atoms with van der Waals surface area (Å²) < 4.78 is 10.8. The van der Waals surface area contributed by atoms with Crippen LogP contribution < -0.4 is 14.4 Å². The molecule has 0 spiro atoms. The van der Waals surface area contributed by atoms with Crippen molar-refractivity contribution in [2.45, 2.75) is 43.7 Å². The molecule has 1 aliphatic carbocycles. The second-order valence-electron chi connectivity index (χ2n) is 7.04. The van der Waals surface area contributed by atoms with Crippen LogP contribution in [-0.4, -0.2) is 38.0 Å². The van der Waals surface area contributed by atoms with Crippen LogP contribution in [0.4, 0.5) is 0 Å². The highest BCUT2D eigenvalue weighted by atomic mass is 16.5. The van der Waals surface area contributed by atoms with Crippen molar-refractivity contribution < 1.29 is 19.5 Å². The lowest BCUT2D eigenvalue weighted by Gasteiger charge is -2.49. The summed E-state index contributed by atoms with van der Waals surface area (Å²) in [5.41, 5.74) is 0.539. The van der Waals surface area contributed by atoms with Gasteiger partial charge in [-0.2, -0.15) is 5.26 Å². The SMILES string of the molecule is COc1ccc([C@@H]2[C@@H]3CCCC[C@]3(O)CC[NH+]2CC#N)cc1OC. The number of likely N-dealkylation sites (tertiary alicyclic amines) is 1. The van der Waals surface area contributed by atoms with Crippen LogP contribution in [0.2, 0.25) is 0 Å². The second kappa shape index (κ2) is 7.00. The molecule has 1 heterocycles. The van der Waals surface area contributed by atoms with Gasteiger partial charge in [-0.05, 0) is 31.0 Å². The predicted octanol–water partition coefficient (Wildman–Crippen LogP) is 1.48. The Labute approximate surface area is 143 Å². The molecule has 0 bridgehead atoms. The van der Waals surface area contributed by atoms with Gasteiger partial charge in [0.05, 0.1) is 26.4 Å². The lowest BCUT2D eigenvalue weighted by molar-refractivity contribution is -0.938. The van der Waals surface area contributed by atoms with Gasteiger partial charge in [-0.25, -0.2) is 0 Å². The van der Waals surface area contributed by atoms with Gasteiger partial charge in [0.2, 0.25) is 0 Å². The van der Waals surface area contributed by atoms with E-state index in [1.807, 2.05) is 12.1 Å². The van der Waals surface area contributed by atoms with Crippen molar-refractivity contribution in [3.8, 4) is 17.6 Å². The average molecular weight is 331 g/mol. The minimum atomic E-state index is -0.588. The van der Waals surface area contributed by atoms with Crippen LogP contribution in [0.1, 0.15) is 43.7 Å². The summed E-state index contributed by atoms with van der Waals surface area (Å²) in [6, 6.07) is 8.45. The molecule has 0 amide bonds. The molecule has 1 aromatic rings. The quantitative estimate of drug-likeness (QED) is 0.820. The third-order valence-corrected chi connectivity index (χ3v) is 5.86. The van der Waals surface area contributed by atoms with Crippen LogP contribution in [0.3, 0.4) is 0 Å². The van der Waals surface area contributed by atoms with Crippen molar-refractivity contribution in [1.29, 1.82) is 5.26 Å². The maximum absolute atomic E-state index is 11.2. The molecule has 5 heteroatoms. The highest BCUT2D eigenvalue weighted by molar-refractivity contribution is 5.43. The molecule has 4 atom stereocenters. The number of ether oxygens (including phenoxy) is 2. The number of hydrogen-bond acceptors (Lipinski definition) is 4. The van der Waals surface area contributed by atoms with Crippen molar-refractivity contribution in [3.05, 3.63) is 23.8 Å². The van der Waals surface area contributed by atoms with Crippen LogP contribution in [-0.2, 0) is 0 Å². The van der Waals surface area contributed by atoms with Crippen LogP contribution >= 0.6 is 0 Å². The summed E-state index contributed by atoms with van der Waals surface area (Å²) in [7, 11) is 3.27. The summed E-state index contributed by atoms with van der Waals surface area (Å²) in [4.78, 5) is 1.25. The van der Waals surface area contributed by atoms with E-state index in [2.05, 4.69) is 12.1 Å². The Balaban J connectivity index is 2.00. The number of nitrogens with zero attached hydrogens (tertiary/aromatic N) is 1. The molecule has 1 unspecified atom stereocenters. The van der Waals surface area contributed by atoms with Crippen molar-refractivity contribution in [1.82, 2.24) is 0 Å². The van der Waals surface area contributed by atoms with Gasteiger partial charge in [-0.1, -0.05) is 12.8 Å². The number of aliphatic hydroxyl groups is 1. The number of methoxy groups -OCH3 is 2. The molecular formula is C19H27N2O3+. The van der Waals surface area contributed by atoms with Crippen LogP contribution in [0, 0.1) is 17.2 Å². The Morgan fingerprint density at radius 3 is 2.75 bits per heavy atom. The third-order valence-electron chi connectivity index (χ3n) is 5.86. The zero-order valence-electron chi connectivity index (χ0n) is 14.5. The molecule has 2 aliphatic rings. The monoisotopic (exact) mass is 331 g/mol. The Bertz CT molecular complexity index is 628. The largest absolute Gasteiger partial charge is 0.493 e. The number of piperidine rings is 1. The summed E-state index contributed by atoms with van der Waals surface area (Å²) in [5.74, 6) is 1.61. The lowest BCUT2D eigenvalue weighted by Crippen LogP contribution is -3.15. The fourth-order valence-corrected chi connectivity index (χ4v) is 4.67. The number of nitrogens with one attached hydrogen (secondary N) is 1. The van der Waals surface area contributed by atoms with E-state index in [4.69, 9.17) is 9.47 Å². The first-order valence-corrected chi connectivity index (χ1v) is 8.79. The molecule has 1 saturated carbocycles. The van der Waals surface area contributed by atoms with E-state index < -0.39 is 5.60 Å². The van der Waals surface area contributed by atoms with Crippen LogP contribution in [0.25, 0.3) is 0 Å². The molecule has 24 heavy (non-hydrogen) atoms. The smallest absolute Gasteiger partial charge is 0.165 e. The van der Waals surface area contributed by atoms with Gasteiger partial charge in [0, 0.05) is 17.9 Å². The minimum absolute atomic E-state index is 0.128. The van der Waals surface area contributed by atoms with Crippen molar-refractivity contribution in [2.24, 2.45) is 5.92 Å². The van der Waals surface area contributed by atoms with E-state index >= 15 is 0 Å². The lowest BCUT2D eigenvalue weighted by atomic mass is 9.66. The van der Waals surface area contributed by atoms with E-state index in [0.717, 1.165) is 44.2 Å². The molecular weight excluding hydrogens is 304 g/mol. The van der Waals surface area contributed by atoms with Gasteiger partial charge in [0.15, 0.2) is 18.0 Å². The fraction of sp³-hybridized carbons (Fsp3) is 0.632. The number of hydrogen-bond donors (Lipinski definition) is 2. The summed E-state index contributed by atoms with van der Waals surface area (Å²) in [6.45, 7) is 1.30. The maximum atomic E-state index is 11.2. The molecule has 0 radical (unpaired) electrons. The molecule has 3 rings (SSSR count). The van der Waals surface area contributed by atoms with Crippen molar-refractivity contribution >= 4 is 0 Å². The van der Waals surface area contributed by atoms with Crippen LogP contribution in [0.15, 0.2) is 18.2 Å². The Morgan fingerprint density at radius 1 is 1.25 bits per heavy atom. The van der Waals surface area contributed by atoms with Gasteiger partial charge >= 0.3 is 0 Å². The molecule has 1 aliphatic heterocycles. The maximum Gasteiger partial charge on any atom is 0.165 e. The summed E-state index contributed by atoms with van der Waals surface area (Å²) in [5, 5.41) is 20.4. The van der Waals surface area contributed by atoms with E-state index in [0.29, 0.717) is 18.0 Å². The van der Waals surface area contributed by atoms with Gasteiger partial charge in [0.1, 0.15) is 12.1 Å². The van der Waals surface area contributed by atoms with E-state index in [9.17, 15) is 10.4 Å². The third kappa shape index (κ3) is 2.97. The normalized spacial score (nSPS) is 32.5. The summed E-state index contributed by atoms with van der Waals surface area (Å²) in [6.07, 6.45) is 4.93. The zero-order valence-corrected chi connectivity index (χ0v) is 14.5. The minimum Gasteiger partial charge on any atom is -0.493 e. The Morgan fingerprint density at radius 2 is 2.04 bits per heavy atom. The van der Waals surface area contributed by atoms with Gasteiger partial charge in [-0.15, -0.1) is 0 Å². The first-order valence-electron chi connectivity index (χ1n) is 8.79. The van der Waals surface area contributed by atoms with Gasteiger partial charge in [0.25, 0.3) is 0 Å². The Kier molecular flexibility index (Phi) is 4.98. The zero-order chi connectivity index (χ0) is 17.2. The molecule has 2 N–H and O–H groups in total. The molecule has 5 nitrogen and oxygen atoms in total. The van der Waals surface area contributed by atoms with E-state index in [1.54, 1.807) is 14.2 Å². The molecule has 1 aromatic carbocycles. The second-order valence-corrected chi connectivity index (χ2v) is 7.04. The number of benzene rings is 1. The molecule has 0 aromatic heterocycles. The standard InChI is InChI=1S/C19H26N2O3/c1-23-16-7-6-14(13-17(16)24-2)18-15-5-3-4-8-19(15,22)9-11-21(18)12-10-20/h6-7,13,15,18,22H,3-5,8-9,11-12H2,1-2H3/p+1/t15-,18+,19-/m0/s1. The highest BCUT2D eigenvalue weighted by Crippen LogP contribution is 2.45. The average Bonchev–Trinajstić information content (AvgIpc) is 2.61. The highest BCUT2D eigenvalue weighted by Gasteiger charge is 2.51. The number of fused-ring (bicyclic) bond motifs is 1. The van der Waals surface area contributed by atoms with E-state index in [1.165, 1.54) is 4.90 Å². The fourth-order valence-electron chi connectivity index (χ4n) is 4.67.